The zero-order chi connectivity index (χ0) is 17.7. The largest absolute Gasteiger partial charge is 0.442 e. The van der Waals surface area contributed by atoms with E-state index in [1.165, 1.54) is 0 Å². The number of aliphatic hydroxyl groups excluding tert-OH is 1. The molecule has 132 valence electrons. The third-order valence-electron chi connectivity index (χ3n) is 3.50. The number of sulfonamides is 1. The minimum Gasteiger partial charge on any atom is -0.442 e. The maximum atomic E-state index is 13.3. The highest BCUT2D eigenvalue weighted by atomic mass is 32.2. The van der Waals surface area contributed by atoms with Gasteiger partial charge < -0.3 is 9.52 Å². The van der Waals surface area contributed by atoms with Crippen molar-refractivity contribution in [3.8, 4) is 11.5 Å². The lowest BCUT2D eigenvalue weighted by molar-refractivity contribution is -0.141. The molecule has 3 heterocycles. The van der Waals surface area contributed by atoms with E-state index in [9.17, 15) is 31.1 Å². The summed E-state index contributed by atoms with van der Waals surface area (Å²) in [5, 5.41) is 13.9. The normalized spacial score (nSPS) is 23.0. The third kappa shape index (κ3) is 2.91. The number of aliphatic hydroxyl groups is 1. The van der Waals surface area contributed by atoms with Gasteiger partial charge in [-0.1, -0.05) is 0 Å². The molecule has 0 saturated carbocycles. The molecule has 0 spiro atoms. The van der Waals surface area contributed by atoms with Crippen LogP contribution < -0.4 is 0 Å². The number of aromatic nitrogens is 2. The first kappa shape index (κ1) is 16.9. The van der Waals surface area contributed by atoms with Crippen molar-refractivity contribution < 1.29 is 35.5 Å². The monoisotopic (exact) mass is 369 g/mol. The van der Waals surface area contributed by atoms with Crippen LogP contribution in [-0.2, 0) is 16.2 Å². The number of nitrogens with one attached hydrogen (secondary N) is 1. The van der Waals surface area contributed by atoms with Crippen LogP contribution in [-0.4, -0.2) is 53.4 Å². The standard InChI is InChI=1S/C12H11F4N3O4S/c13-6-4-19(5-8(6)20)24(21,22)11-2-1-9(23-11)7-3-10(18-17-7)12(14,15)16/h1-3,6,8,20H,4-5H2,(H,17,18)/t6-,8-/m1/s1. The highest BCUT2D eigenvalue weighted by Gasteiger charge is 2.40. The van der Waals surface area contributed by atoms with Gasteiger partial charge in [-0.25, -0.2) is 12.8 Å². The predicted molar refractivity (Wildman–Crippen MR) is 71.0 cm³/mol. The average Bonchev–Trinajstić information content (AvgIpc) is 3.18. The van der Waals surface area contributed by atoms with Crippen LogP contribution in [0.4, 0.5) is 17.6 Å². The molecular formula is C12H11F4N3O4S. The quantitative estimate of drug-likeness (QED) is 0.797. The van der Waals surface area contributed by atoms with Crippen molar-refractivity contribution in [3.05, 3.63) is 23.9 Å². The second kappa shape index (κ2) is 5.57. The van der Waals surface area contributed by atoms with Crippen LogP contribution in [0.3, 0.4) is 0 Å². The molecule has 3 rings (SSSR count). The average molecular weight is 369 g/mol. The summed E-state index contributed by atoms with van der Waals surface area (Å²) in [5.74, 6) is -0.197. The van der Waals surface area contributed by atoms with Crippen LogP contribution in [0.25, 0.3) is 11.5 Å². The maximum absolute atomic E-state index is 13.3. The first-order chi connectivity index (χ1) is 11.1. The summed E-state index contributed by atoms with van der Waals surface area (Å²) >= 11 is 0. The number of rotatable bonds is 3. The summed E-state index contributed by atoms with van der Waals surface area (Å²) in [5.41, 5.74) is -1.34. The fourth-order valence-electron chi connectivity index (χ4n) is 2.23. The summed E-state index contributed by atoms with van der Waals surface area (Å²) in [6.07, 6.45) is -7.78. The molecule has 0 amide bonds. The number of furan rings is 1. The minimum absolute atomic E-state index is 0.197. The second-order valence-corrected chi connectivity index (χ2v) is 7.06. The topological polar surface area (TPSA) is 99.4 Å². The molecule has 24 heavy (non-hydrogen) atoms. The molecule has 1 aliphatic rings. The number of hydrogen-bond donors (Lipinski definition) is 2. The fourth-order valence-corrected chi connectivity index (χ4v) is 3.60. The molecule has 2 atom stereocenters. The number of β-amino-alcohol motifs (C(OH)–C–C–N with tert-alkyl or cyclic N) is 1. The molecule has 2 aromatic heterocycles. The van der Waals surface area contributed by atoms with Gasteiger partial charge in [-0.2, -0.15) is 22.6 Å². The lowest BCUT2D eigenvalue weighted by Gasteiger charge is -2.12. The maximum Gasteiger partial charge on any atom is 0.432 e. The predicted octanol–water partition coefficient (Wildman–Crippen LogP) is 1.39. The van der Waals surface area contributed by atoms with E-state index in [0.717, 1.165) is 12.1 Å². The van der Waals surface area contributed by atoms with E-state index in [-0.39, 0.29) is 11.5 Å². The third-order valence-corrected chi connectivity index (χ3v) is 5.20. The summed E-state index contributed by atoms with van der Waals surface area (Å²) in [7, 11) is -4.21. The van der Waals surface area contributed by atoms with Crippen molar-refractivity contribution in [2.75, 3.05) is 13.1 Å². The van der Waals surface area contributed by atoms with Crippen LogP contribution in [0, 0.1) is 0 Å². The Morgan fingerprint density at radius 3 is 2.58 bits per heavy atom. The van der Waals surface area contributed by atoms with Gasteiger partial charge in [-0.3, -0.25) is 5.10 Å². The first-order valence-electron chi connectivity index (χ1n) is 6.64. The van der Waals surface area contributed by atoms with Crippen LogP contribution in [0.1, 0.15) is 5.69 Å². The molecule has 1 fully saturated rings. The molecule has 0 unspecified atom stereocenters. The second-order valence-electron chi connectivity index (χ2n) is 5.19. The zero-order valence-corrected chi connectivity index (χ0v) is 12.6. The molecule has 0 radical (unpaired) electrons. The Labute approximate surface area is 132 Å². The number of hydrogen-bond acceptors (Lipinski definition) is 5. The fraction of sp³-hybridized carbons (Fsp3) is 0.417. The van der Waals surface area contributed by atoms with Gasteiger partial charge in [0.05, 0.1) is 0 Å². The van der Waals surface area contributed by atoms with E-state index in [2.05, 4.69) is 5.10 Å². The summed E-state index contributed by atoms with van der Waals surface area (Å²) in [6.45, 7) is -0.958. The van der Waals surface area contributed by atoms with Crippen LogP contribution >= 0.6 is 0 Å². The molecule has 0 aliphatic carbocycles. The van der Waals surface area contributed by atoms with Crippen molar-refractivity contribution in [2.45, 2.75) is 23.5 Å². The van der Waals surface area contributed by atoms with E-state index in [4.69, 9.17) is 4.42 Å². The van der Waals surface area contributed by atoms with E-state index in [1.54, 1.807) is 5.10 Å². The smallest absolute Gasteiger partial charge is 0.432 e. The Kier molecular flexibility index (Phi) is 3.92. The molecular weight excluding hydrogens is 358 g/mol. The lowest BCUT2D eigenvalue weighted by Crippen LogP contribution is -2.29. The number of H-pyrrole nitrogens is 1. The van der Waals surface area contributed by atoms with Crippen LogP contribution in [0.5, 0.6) is 0 Å². The van der Waals surface area contributed by atoms with Crippen molar-refractivity contribution in [1.82, 2.24) is 14.5 Å². The molecule has 1 saturated heterocycles. The SMILES string of the molecule is O=S(=O)(c1ccc(-c2cc(C(F)(F)F)[nH]n2)o1)N1C[C@@H](O)[C@H](F)C1. The van der Waals surface area contributed by atoms with Gasteiger partial charge in [0.2, 0.25) is 5.09 Å². The first-order valence-corrected chi connectivity index (χ1v) is 8.08. The molecule has 2 aromatic rings. The molecule has 1 aliphatic heterocycles. The van der Waals surface area contributed by atoms with Gasteiger partial charge >= 0.3 is 6.18 Å². The molecule has 12 heteroatoms. The van der Waals surface area contributed by atoms with Crippen molar-refractivity contribution in [1.29, 1.82) is 0 Å². The van der Waals surface area contributed by atoms with Gasteiger partial charge in [0.15, 0.2) is 5.76 Å². The number of halogens is 4. The van der Waals surface area contributed by atoms with Gasteiger partial charge in [0.25, 0.3) is 10.0 Å². The van der Waals surface area contributed by atoms with Gasteiger partial charge in [-0.05, 0) is 18.2 Å². The number of nitrogens with zero attached hydrogens (tertiary/aromatic N) is 2. The van der Waals surface area contributed by atoms with Crippen LogP contribution in [0.2, 0.25) is 0 Å². The molecule has 2 N–H and O–H groups in total. The molecule has 0 bridgehead atoms. The van der Waals surface area contributed by atoms with E-state index in [0.29, 0.717) is 10.4 Å². The highest BCUT2D eigenvalue weighted by Crippen LogP contribution is 2.32. The minimum atomic E-state index is -4.63. The van der Waals surface area contributed by atoms with Gasteiger partial charge in [0, 0.05) is 13.1 Å². The Morgan fingerprint density at radius 2 is 2.04 bits per heavy atom. The Morgan fingerprint density at radius 1 is 1.33 bits per heavy atom. The lowest BCUT2D eigenvalue weighted by atomic mass is 10.3. The van der Waals surface area contributed by atoms with Gasteiger partial charge in [0.1, 0.15) is 23.7 Å². The Hall–Kier alpha value is -1.92. The zero-order valence-electron chi connectivity index (χ0n) is 11.8. The number of aromatic amines is 1. The van der Waals surface area contributed by atoms with Crippen molar-refractivity contribution >= 4 is 10.0 Å². The Balaban J connectivity index is 1.87. The molecule has 7 nitrogen and oxygen atoms in total. The van der Waals surface area contributed by atoms with E-state index >= 15 is 0 Å². The van der Waals surface area contributed by atoms with Crippen molar-refractivity contribution in [3.63, 3.8) is 0 Å². The Bertz CT molecular complexity index is 835. The highest BCUT2D eigenvalue weighted by molar-refractivity contribution is 7.89. The van der Waals surface area contributed by atoms with Gasteiger partial charge in [-0.15, -0.1) is 0 Å². The number of alkyl halides is 4. The van der Waals surface area contributed by atoms with E-state index < -0.39 is 52.4 Å². The van der Waals surface area contributed by atoms with Crippen LogP contribution in [0.15, 0.2) is 27.7 Å². The summed E-state index contributed by atoms with van der Waals surface area (Å²) < 4.78 is 81.2. The summed E-state index contributed by atoms with van der Waals surface area (Å²) in [6, 6.07) is 2.85. The van der Waals surface area contributed by atoms with E-state index in [1.807, 2.05) is 0 Å². The molecule has 0 aromatic carbocycles. The summed E-state index contributed by atoms with van der Waals surface area (Å²) in [4.78, 5) is 0. The van der Waals surface area contributed by atoms with Crippen molar-refractivity contribution in [2.24, 2.45) is 0 Å².